The van der Waals surface area contributed by atoms with E-state index in [2.05, 4.69) is 17.1 Å². The van der Waals surface area contributed by atoms with Gasteiger partial charge in [0.2, 0.25) is 0 Å². The highest BCUT2D eigenvalue weighted by molar-refractivity contribution is 5.85. The van der Waals surface area contributed by atoms with Crippen molar-refractivity contribution in [2.45, 2.75) is 50.6 Å². The number of nitrogens with zero attached hydrogens (tertiary/aromatic N) is 2. The summed E-state index contributed by atoms with van der Waals surface area (Å²) in [6, 6.07) is 7.61. The average Bonchev–Trinajstić information content (AvgIpc) is 3.43. The molecule has 2 fully saturated rings. The summed E-state index contributed by atoms with van der Waals surface area (Å²) >= 11 is 0. The first-order chi connectivity index (χ1) is 13.0. The van der Waals surface area contributed by atoms with Gasteiger partial charge in [-0.05, 0) is 37.7 Å². The molecule has 1 aromatic carbocycles. The Bertz CT molecular complexity index is 688. The number of hydrogen-bond donors (Lipinski definition) is 1. The van der Waals surface area contributed by atoms with E-state index in [9.17, 15) is 9.70 Å². The lowest BCUT2D eigenvalue weighted by Crippen LogP contribution is -2.51. The second-order valence-electron chi connectivity index (χ2n) is 7.50. The molecular formula is C20H30N3O4+. The summed E-state index contributed by atoms with van der Waals surface area (Å²) in [4.78, 5) is 31.6. The fourth-order valence-corrected chi connectivity index (χ4v) is 4.42. The third-order valence-corrected chi connectivity index (χ3v) is 5.90. The van der Waals surface area contributed by atoms with Crippen molar-refractivity contribution in [3.63, 3.8) is 0 Å². The maximum absolute atomic E-state index is 12.5. The molecule has 7 heteroatoms. The lowest BCUT2D eigenvalue weighted by atomic mass is 9.99. The smallest absolute Gasteiger partial charge is 0.326 e. The average molecular weight is 376 g/mol. The van der Waals surface area contributed by atoms with E-state index < -0.39 is 5.54 Å². The van der Waals surface area contributed by atoms with Crippen LogP contribution in [-0.4, -0.2) is 54.7 Å². The minimum absolute atomic E-state index is 0.0739. The second-order valence-corrected chi connectivity index (χ2v) is 7.50. The topological polar surface area (TPSA) is 70.9 Å². The number of ether oxygens (including phenoxy) is 1. The van der Waals surface area contributed by atoms with Crippen LogP contribution in [0.3, 0.4) is 0 Å². The number of benzene rings is 1. The van der Waals surface area contributed by atoms with Crippen molar-refractivity contribution in [3.05, 3.63) is 29.2 Å². The molecular weight excluding hydrogens is 346 g/mol. The Labute approximate surface area is 160 Å². The van der Waals surface area contributed by atoms with Gasteiger partial charge in [0.05, 0.1) is 12.0 Å². The standard InChI is InChI=1S/C20H30N3O4/c1-4-6-15-14-20(15,19(24)26-2)22-11-9-16(10-12-22)21-17-7-5-8-18(13-17)23(25)27-3/h5,7-8,13,15-16,21H,4,6,9-12,14H2,1-3H3/q+1. The zero-order chi connectivity index (χ0) is 19.4. The Kier molecular flexibility index (Phi) is 5.99. The number of likely N-dealkylation sites (tertiary alicyclic amines) is 1. The molecule has 0 aromatic heterocycles. The van der Waals surface area contributed by atoms with Gasteiger partial charge < -0.3 is 10.1 Å². The van der Waals surface area contributed by atoms with Gasteiger partial charge in [-0.2, -0.15) is 0 Å². The quantitative estimate of drug-likeness (QED) is 0.555. The summed E-state index contributed by atoms with van der Waals surface area (Å²) in [7, 11) is 2.84. The van der Waals surface area contributed by atoms with E-state index in [1.807, 2.05) is 12.1 Å². The predicted molar refractivity (Wildman–Crippen MR) is 103 cm³/mol. The Balaban J connectivity index is 1.59. The maximum Gasteiger partial charge on any atom is 0.326 e. The van der Waals surface area contributed by atoms with Crippen molar-refractivity contribution in [2.24, 2.45) is 5.92 Å². The van der Waals surface area contributed by atoms with Gasteiger partial charge in [0.1, 0.15) is 5.54 Å². The molecule has 2 atom stereocenters. The lowest BCUT2D eigenvalue weighted by molar-refractivity contribution is -0.736. The molecule has 0 spiro atoms. The van der Waals surface area contributed by atoms with Gasteiger partial charge in [0, 0.05) is 37.0 Å². The van der Waals surface area contributed by atoms with Gasteiger partial charge in [0.15, 0.2) is 7.11 Å². The third kappa shape index (κ3) is 3.93. The molecule has 27 heavy (non-hydrogen) atoms. The van der Waals surface area contributed by atoms with Crippen LogP contribution in [-0.2, 0) is 14.4 Å². The van der Waals surface area contributed by atoms with Gasteiger partial charge in [-0.15, -0.1) is 0 Å². The molecule has 2 aliphatic rings. The lowest BCUT2D eigenvalue weighted by Gasteiger charge is -2.37. The molecule has 0 amide bonds. The highest BCUT2D eigenvalue weighted by Gasteiger charge is 2.64. The Hall–Kier alpha value is -2.15. The van der Waals surface area contributed by atoms with E-state index in [-0.39, 0.29) is 5.97 Å². The van der Waals surface area contributed by atoms with E-state index in [4.69, 9.17) is 9.57 Å². The van der Waals surface area contributed by atoms with Crippen LogP contribution in [0.2, 0.25) is 0 Å². The molecule has 1 heterocycles. The first kappa shape index (κ1) is 19.6. The summed E-state index contributed by atoms with van der Waals surface area (Å²) in [6.45, 7) is 3.91. The molecule has 1 aliphatic heterocycles. The van der Waals surface area contributed by atoms with Crippen LogP contribution in [0.5, 0.6) is 0 Å². The van der Waals surface area contributed by atoms with Gasteiger partial charge in [-0.1, -0.05) is 19.4 Å². The van der Waals surface area contributed by atoms with Crippen LogP contribution in [0, 0.1) is 10.8 Å². The second kappa shape index (κ2) is 8.25. The summed E-state index contributed by atoms with van der Waals surface area (Å²) in [5, 5.41) is 3.51. The Morgan fingerprint density at radius 1 is 1.33 bits per heavy atom. The fraction of sp³-hybridized carbons (Fsp3) is 0.650. The number of piperidine rings is 1. The zero-order valence-electron chi connectivity index (χ0n) is 16.4. The molecule has 7 nitrogen and oxygen atoms in total. The number of carbonyl (C=O) groups excluding carboxylic acids is 1. The number of hydrogen-bond acceptors (Lipinski definition) is 6. The highest BCUT2D eigenvalue weighted by Crippen LogP contribution is 2.52. The Morgan fingerprint density at radius 2 is 2.07 bits per heavy atom. The van der Waals surface area contributed by atoms with Crippen molar-refractivity contribution < 1.29 is 19.3 Å². The fourth-order valence-electron chi connectivity index (χ4n) is 4.42. The minimum Gasteiger partial charge on any atom is -0.468 e. The first-order valence-corrected chi connectivity index (χ1v) is 9.76. The van der Waals surface area contributed by atoms with E-state index >= 15 is 0 Å². The number of anilines is 1. The van der Waals surface area contributed by atoms with E-state index in [1.54, 1.807) is 12.1 Å². The van der Waals surface area contributed by atoms with Crippen molar-refractivity contribution in [3.8, 4) is 0 Å². The summed E-state index contributed by atoms with van der Waals surface area (Å²) in [5.41, 5.74) is 0.976. The summed E-state index contributed by atoms with van der Waals surface area (Å²) < 4.78 is 5.13. The molecule has 1 aliphatic carbocycles. The van der Waals surface area contributed by atoms with Crippen molar-refractivity contribution in [1.29, 1.82) is 0 Å². The Morgan fingerprint density at radius 3 is 2.70 bits per heavy atom. The predicted octanol–water partition coefficient (Wildman–Crippen LogP) is 3.27. The molecule has 1 saturated carbocycles. The number of carbonyl (C=O) groups is 1. The minimum atomic E-state index is -0.392. The molecule has 1 saturated heterocycles. The van der Waals surface area contributed by atoms with Gasteiger partial charge in [-0.3, -0.25) is 9.69 Å². The highest BCUT2D eigenvalue weighted by atomic mass is 16.8. The van der Waals surface area contributed by atoms with Crippen LogP contribution >= 0.6 is 0 Å². The zero-order valence-corrected chi connectivity index (χ0v) is 16.4. The number of esters is 1. The maximum atomic E-state index is 12.5. The van der Waals surface area contributed by atoms with Crippen molar-refractivity contribution in [2.75, 3.05) is 32.6 Å². The molecule has 0 radical (unpaired) electrons. The molecule has 1 aromatic rings. The molecule has 148 valence electrons. The van der Waals surface area contributed by atoms with Crippen LogP contribution in [0.15, 0.2) is 24.3 Å². The monoisotopic (exact) mass is 376 g/mol. The van der Waals surface area contributed by atoms with Crippen LogP contribution in [0.25, 0.3) is 0 Å². The van der Waals surface area contributed by atoms with Crippen LogP contribution in [0.1, 0.15) is 39.0 Å². The molecule has 0 bridgehead atoms. The summed E-state index contributed by atoms with van der Waals surface area (Å²) in [5.74, 6) is 0.350. The molecule has 2 unspecified atom stereocenters. The van der Waals surface area contributed by atoms with E-state index in [0.29, 0.717) is 22.6 Å². The van der Waals surface area contributed by atoms with Gasteiger partial charge >= 0.3 is 11.7 Å². The number of methoxy groups -OCH3 is 1. The summed E-state index contributed by atoms with van der Waals surface area (Å²) in [6.07, 6.45) is 4.99. The van der Waals surface area contributed by atoms with Crippen LogP contribution in [0.4, 0.5) is 11.4 Å². The first-order valence-electron chi connectivity index (χ1n) is 9.76. The van der Waals surface area contributed by atoms with Crippen LogP contribution < -0.4 is 5.32 Å². The normalized spacial score (nSPS) is 25.7. The molecule has 3 rings (SSSR count). The van der Waals surface area contributed by atoms with Gasteiger partial charge in [0.25, 0.3) is 4.92 Å². The van der Waals surface area contributed by atoms with Crippen molar-refractivity contribution in [1.82, 2.24) is 4.90 Å². The van der Waals surface area contributed by atoms with E-state index in [0.717, 1.165) is 50.9 Å². The largest absolute Gasteiger partial charge is 0.468 e. The number of nitrogens with one attached hydrogen (secondary N) is 1. The molecule has 1 N–H and O–H groups in total. The van der Waals surface area contributed by atoms with E-state index in [1.165, 1.54) is 14.2 Å². The van der Waals surface area contributed by atoms with Crippen molar-refractivity contribution >= 4 is 17.3 Å². The van der Waals surface area contributed by atoms with Gasteiger partial charge in [-0.25, -0.2) is 4.84 Å². The SMILES string of the molecule is CCCC1CC1(C(=O)OC)N1CCC(Nc2cccc([N+](=O)OC)c2)CC1. The number of rotatable bonds is 8. The third-order valence-electron chi connectivity index (χ3n) is 5.90.